The summed E-state index contributed by atoms with van der Waals surface area (Å²) in [6.45, 7) is 1.75. The first-order valence-corrected chi connectivity index (χ1v) is 7.39. The van der Waals surface area contributed by atoms with Crippen molar-refractivity contribution in [2.24, 2.45) is 11.8 Å². The summed E-state index contributed by atoms with van der Waals surface area (Å²) in [5.41, 5.74) is 0. The minimum Gasteiger partial charge on any atom is -0.481 e. The SMILES string of the molecule is COC(=O)N1CCN(C(=O)[C@@H]2CCCC[C@@H]2C(=O)O)CC1. The molecule has 0 aromatic rings. The number of hydrogen-bond acceptors (Lipinski definition) is 4. The Morgan fingerprint density at radius 2 is 1.48 bits per heavy atom. The molecule has 21 heavy (non-hydrogen) atoms. The van der Waals surface area contributed by atoms with E-state index in [1.165, 1.54) is 7.11 Å². The Bertz CT molecular complexity index is 418. The number of piperazine rings is 1. The summed E-state index contributed by atoms with van der Waals surface area (Å²) in [5, 5.41) is 9.26. The van der Waals surface area contributed by atoms with E-state index in [1.54, 1.807) is 9.80 Å². The normalized spacial score (nSPS) is 26.3. The maximum atomic E-state index is 12.5. The predicted octanol–water partition coefficient (Wildman–Crippen LogP) is 0.788. The van der Waals surface area contributed by atoms with Gasteiger partial charge in [0.25, 0.3) is 0 Å². The summed E-state index contributed by atoms with van der Waals surface area (Å²) in [6, 6.07) is 0. The third-order valence-electron chi connectivity index (χ3n) is 4.42. The van der Waals surface area contributed by atoms with E-state index >= 15 is 0 Å². The maximum absolute atomic E-state index is 12.5. The van der Waals surface area contributed by atoms with Crippen LogP contribution >= 0.6 is 0 Å². The number of aliphatic carboxylic acids is 1. The van der Waals surface area contributed by atoms with Crippen molar-refractivity contribution in [1.29, 1.82) is 0 Å². The summed E-state index contributed by atoms with van der Waals surface area (Å²) in [6.07, 6.45) is 2.61. The molecule has 7 nitrogen and oxygen atoms in total. The standard InChI is InChI=1S/C14H22N2O5/c1-21-14(20)16-8-6-15(7-9-16)12(17)10-4-2-3-5-11(10)13(18)19/h10-11H,2-9H2,1H3,(H,18,19)/t10-,11+/m1/s1. The van der Waals surface area contributed by atoms with E-state index in [9.17, 15) is 19.5 Å². The molecule has 1 aliphatic carbocycles. The van der Waals surface area contributed by atoms with Crippen LogP contribution in [-0.4, -0.2) is 66.2 Å². The molecule has 1 heterocycles. The van der Waals surface area contributed by atoms with Crippen LogP contribution in [0.5, 0.6) is 0 Å². The minimum absolute atomic E-state index is 0.0772. The second-order valence-electron chi connectivity index (χ2n) is 5.62. The first-order chi connectivity index (χ1) is 10.0. The Labute approximate surface area is 123 Å². The molecule has 0 aromatic heterocycles. The highest BCUT2D eigenvalue weighted by molar-refractivity contribution is 5.85. The number of carboxylic acids is 1. The van der Waals surface area contributed by atoms with Crippen LogP contribution in [0, 0.1) is 11.8 Å². The van der Waals surface area contributed by atoms with Gasteiger partial charge in [0.1, 0.15) is 0 Å². The van der Waals surface area contributed by atoms with E-state index in [0.29, 0.717) is 39.0 Å². The average Bonchev–Trinajstić information content (AvgIpc) is 2.53. The van der Waals surface area contributed by atoms with Crippen molar-refractivity contribution in [3.8, 4) is 0 Å². The second-order valence-corrected chi connectivity index (χ2v) is 5.62. The molecule has 0 radical (unpaired) electrons. The Hall–Kier alpha value is -1.79. The van der Waals surface area contributed by atoms with Crippen LogP contribution in [0.2, 0.25) is 0 Å². The van der Waals surface area contributed by atoms with Gasteiger partial charge in [-0.3, -0.25) is 9.59 Å². The fraction of sp³-hybridized carbons (Fsp3) is 0.786. The highest BCUT2D eigenvalue weighted by atomic mass is 16.5. The Kier molecular flexibility index (Phi) is 5.03. The molecule has 2 amide bonds. The van der Waals surface area contributed by atoms with E-state index in [-0.39, 0.29) is 12.0 Å². The predicted molar refractivity (Wildman–Crippen MR) is 73.6 cm³/mol. The van der Waals surface area contributed by atoms with Gasteiger partial charge in [-0.1, -0.05) is 12.8 Å². The van der Waals surface area contributed by atoms with E-state index in [2.05, 4.69) is 4.74 Å². The summed E-state index contributed by atoms with van der Waals surface area (Å²) >= 11 is 0. The van der Waals surface area contributed by atoms with Crippen LogP contribution in [0.4, 0.5) is 4.79 Å². The molecule has 1 N–H and O–H groups in total. The fourth-order valence-electron chi connectivity index (χ4n) is 3.20. The van der Waals surface area contributed by atoms with Gasteiger partial charge in [0.15, 0.2) is 0 Å². The van der Waals surface area contributed by atoms with Gasteiger partial charge in [0.05, 0.1) is 18.9 Å². The minimum atomic E-state index is -0.874. The molecule has 2 aliphatic rings. The molecule has 1 aliphatic heterocycles. The molecule has 7 heteroatoms. The number of hydrogen-bond donors (Lipinski definition) is 1. The Morgan fingerprint density at radius 3 is 2.00 bits per heavy atom. The molecular formula is C14H22N2O5. The van der Waals surface area contributed by atoms with Crippen molar-refractivity contribution in [2.75, 3.05) is 33.3 Å². The van der Waals surface area contributed by atoms with E-state index in [1.807, 2.05) is 0 Å². The molecular weight excluding hydrogens is 276 g/mol. The second kappa shape index (κ2) is 6.78. The third-order valence-corrected chi connectivity index (χ3v) is 4.42. The number of rotatable bonds is 2. The first-order valence-electron chi connectivity index (χ1n) is 7.39. The first kappa shape index (κ1) is 15.6. The topological polar surface area (TPSA) is 87.2 Å². The molecule has 2 fully saturated rings. The van der Waals surface area contributed by atoms with Crippen molar-refractivity contribution in [1.82, 2.24) is 9.80 Å². The molecule has 0 unspecified atom stereocenters. The van der Waals surface area contributed by atoms with Gasteiger partial charge in [0.2, 0.25) is 5.91 Å². The molecule has 0 spiro atoms. The number of nitrogens with zero attached hydrogens (tertiary/aromatic N) is 2. The van der Waals surface area contributed by atoms with Gasteiger partial charge in [-0.2, -0.15) is 0 Å². The van der Waals surface area contributed by atoms with Crippen LogP contribution in [0.15, 0.2) is 0 Å². The van der Waals surface area contributed by atoms with E-state index in [0.717, 1.165) is 12.8 Å². The van der Waals surface area contributed by atoms with Crippen LogP contribution in [0.25, 0.3) is 0 Å². The number of carbonyl (C=O) groups excluding carboxylic acids is 2. The molecule has 118 valence electrons. The smallest absolute Gasteiger partial charge is 0.409 e. The van der Waals surface area contributed by atoms with Crippen LogP contribution < -0.4 is 0 Å². The molecule has 2 atom stereocenters. The summed E-state index contributed by atoms with van der Waals surface area (Å²) in [5.74, 6) is -1.93. The Balaban J connectivity index is 1.94. The van der Waals surface area contributed by atoms with Crippen LogP contribution in [0.1, 0.15) is 25.7 Å². The summed E-state index contributed by atoms with van der Waals surface area (Å²) in [4.78, 5) is 38.5. The number of carbonyl (C=O) groups is 3. The molecule has 0 bridgehead atoms. The quantitative estimate of drug-likeness (QED) is 0.814. The van der Waals surface area contributed by atoms with E-state index < -0.39 is 17.8 Å². The Morgan fingerprint density at radius 1 is 0.952 bits per heavy atom. The zero-order valence-electron chi connectivity index (χ0n) is 12.3. The van der Waals surface area contributed by atoms with Crippen molar-refractivity contribution >= 4 is 18.0 Å². The average molecular weight is 298 g/mol. The number of amides is 2. The molecule has 2 rings (SSSR count). The van der Waals surface area contributed by atoms with Crippen LogP contribution in [-0.2, 0) is 14.3 Å². The largest absolute Gasteiger partial charge is 0.481 e. The van der Waals surface area contributed by atoms with Gasteiger partial charge >= 0.3 is 12.1 Å². The van der Waals surface area contributed by atoms with Gasteiger partial charge in [-0.25, -0.2) is 4.79 Å². The zero-order valence-corrected chi connectivity index (χ0v) is 12.3. The van der Waals surface area contributed by atoms with Gasteiger partial charge < -0.3 is 19.6 Å². The third kappa shape index (κ3) is 3.46. The molecule has 1 saturated carbocycles. The lowest BCUT2D eigenvalue weighted by molar-refractivity contribution is -0.153. The zero-order chi connectivity index (χ0) is 15.4. The lowest BCUT2D eigenvalue weighted by Gasteiger charge is -2.37. The fourth-order valence-corrected chi connectivity index (χ4v) is 3.20. The number of methoxy groups -OCH3 is 1. The van der Waals surface area contributed by atoms with Crippen molar-refractivity contribution in [2.45, 2.75) is 25.7 Å². The van der Waals surface area contributed by atoms with Crippen molar-refractivity contribution in [3.63, 3.8) is 0 Å². The highest BCUT2D eigenvalue weighted by Crippen LogP contribution is 2.32. The monoisotopic (exact) mass is 298 g/mol. The number of ether oxygens (including phenoxy) is 1. The highest BCUT2D eigenvalue weighted by Gasteiger charge is 2.38. The number of carboxylic acid groups (broad SMARTS) is 1. The molecule has 0 aromatic carbocycles. The van der Waals surface area contributed by atoms with Gasteiger partial charge in [-0.15, -0.1) is 0 Å². The van der Waals surface area contributed by atoms with Crippen LogP contribution in [0.3, 0.4) is 0 Å². The van der Waals surface area contributed by atoms with Crippen molar-refractivity contribution in [3.05, 3.63) is 0 Å². The summed E-state index contributed by atoms with van der Waals surface area (Å²) in [7, 11) is 1.33. The van der Waals surface area contributed by atoms with Crippen molar-refractivity contribution < 1.29 is 24.2 Å². The van der Waals surface area contributed by atoms with E-state index in [4.69, 9.17) is 0 Å². The summed E-state index contributed by atoms with van der Waals surface area (Å²) < 4.78 is 4.66. The van der Waals surface area contributed by atoms with Gasteiger partial charge in [0, 0.05) is 26.2 Å². The molecule has 1 saturated heterocycles. The maximum Gasteiger partial charge on any atom is 0.409 e. The lowest BCUT2D eigenvalue weighted by atomic mass is 9.78. The lowest BCUT2D eigenvalue weighted by Crippen LogP contribution is -2.53. The van der Waals surface area contributed by atoms with Gasteiger partial charge in [-0.05, 0) is 12.8 Å².